The molecule has 0 fully saturated rings. The molecule has 1 N–H and O–H groups in total. The third kappa shape index (κ3) is 3.58. The smallest absolute Gasteiger partial charge is 0.255 e. The van der Waals surface area contributed by atoms with E-state index in [1.807, 2.05) is 29.6 Å². The summed E-state index contributed by atoms with van der Waals surface area (Å²) in [6.07, 6.45) is 0. The van der Waals surface area contributed by atoms with E-state index in [9.17, 15) is 4.79 Å². The molecule has 100 valence electrons. The molecule has 0 radical (unpaired) electrons. The summed E-state index contributed by atoms with van der Waals surface area (Å²) >= 11 is 5.12. The second kappa shape index (κ2) is 6.21. The van der Waals surface area contributed by atoms with Crippen molar-refractivity contribution in [1.82, 2.24) is 4.90 Å². The zero-order valence-electron chi connectivity index (χ0n) is 10.8. The predicted octanol–water partition coefficient (Wildman–Crippen LogP) is 3.82. The maximum absolute atomic E-state index is 12.1. The van der Waals surface area contributed by atoms with Crippen molar-refractivity contribution in [2.45, 2.75) is 6.54 Å². The molecule has 1 aromatic carbocycles. The average molecular weight is 339 g/mol. The molecule has 0 aliphatic heterocycles. The number of amides is 1. The van der Waals surface area contributed by atoms with Crippen LogP contribution in [0.25, 0.3) is 0 Å². The fourth-order valence-corrected chi connectivity index (χ4v) is 3.08. The van der Waals surface area contributed by atoms with E-state index in [1.54, 1.807) is 30.3 Å². The predicted molar refractivity (Wildman–Crippen MR) is 83.8 cm³/mol. The summed E-state index contributed by atoms with van der Waals surface area (Å²) in [7, 11) is 3.52. The Balaban J connectivity index is 2.14. The van der Waals surface area contributed by atoms with E-state index in [0.29, 0.717) is 12.1 Å². The van der Waals surface area contributed by atoms with Crippen LogP contribution in [0.2, 0.25) is 0 Å². The van der Waals surface area contributed by atoms with Gasteiger partial charge >= 0.3 is 0 Å². The molecular weight excluding hydrogens is 324 g/mol. The summed E-state index contributed by atoms with van der Waals surface area (Å²) in [4.78, 5) is 14.9. The van der Waals surface area contributed by atoms with E-state index in [1.165, 1.54) is 4.88 Å². The molecule has 0 saturated carbocycles. The molecule has 1 heterocycles. The minimum Gasteiger partial charge on any atom is -0.380 e. The third-order valence-corrected chi connectivity index (χ3v) is 4.34. The second-order valence-electron chi connectivity index (χ2n) is 4.33. The van der Waals surface area contributed by atoms with Gasteiger partial charge in [0.25, 0.3) is 5.91 Å². The van der Waals surface area contributed by atoms with E-state index < -0.39 is 0 Å². The summed E-state index contributed by atoms with van der Waals surface area (Å²) in [6, 6.07) is 9.66. The van der Waals surface area contributed by atoms with E-state index in [2.05, 4.69) is 27.3 Å². The van der Waals surface area contributed by atoms with Gasteiger partial charge < -0.3 is 10.2 Å². The van der Waals surface area contributed by atoms with Crippen LogP contribution in [0.1, 0.15) is 15.2 Å². The standard InChI is InChI=1S/C14H15BrN2OS/c1-17(2)14(18)12-5-3-4-6-13(12)16-8-11-7-10(15)9-19-11/h3-7,9,16H,8H2,1-2H3. The fourth-order valence-electron chi connectivity index (χ4n) is 1.69. The van der Waals surface area contributed by atoms with Crippen LogP contribution in [0.4, 0.5) is 5.69 Å². The molecule has 0 atom stereocenters. The number of para-hydroxylation sites is 1. The number of rotatable bonds is 4. The van der Waals surface area contributed by atoms with E-state index in [4.69, 9.17) is 0 Å². The number of thiophene rings is 1. The first-order valence-corrected chi connectivity index (χ1v) is 7.52. The minimum absolute atomic E-state index is 0.00969. The number of carbonyl (C=O) groups excluding carboxylic acids is 1. The summed E-state index contributed by atoms with van der Waals surface area (Å²) in [5.74, 6) is 0.00969. The highest BCUT2D eigenvalue weighted by atomic mass is 79.9. The number of nitrogens with one attached hydrogen (secondary N) is 1. The van der Waals surface area contributed by atoms with Crippen LogP contribution in [0, 0.1) is 0 Å². The molecule has 2 rings (SSSR count). The van der Waals surface area contributed by atoms with Crippen LogP contribution >= 0.6 is 27.3 Å². The van der Waals surface area contributed by atoms with Crippen molar-refractivity contribution in [2.24, 2.45) is 0 Å². The zero-order valence-corrected chi connectivity index (χ0v) is 13.2. The Bertz CT molecular complexity index is 580. The van der Waals surface area contributed by atoms with Gasteiger partial charge in [-0.05, 0) is 34.1 Å². The normalized spacial score (nSPS) is 10.3. The largest absolute Gasteiger partial charge is 0.380 e. The minimum atomic E-state index is 0.00969. The van der Waals surface area contributed by atoms with Crippen LogP contribution in [0.3, 0.4) is 0 Å². The van der Waals surface area contributed by atoms with Crippen LogP contribution < -0.4 is 5.32 Å². The van der Waals surface area contributed by atoms with Crippen LogP contribution in [0.5, 0.6) is 0 Å². The Morgan fingerprint density at radius 3 is 2.74 bits per heavy atom. The van der Waals surface area contributed by atoms with Crippen molar-refractivity contribution in [1.29, 1.82) is 0 Å². The van der Waals surface area contributed by atoms with Gasteiger partial charge in [-0.3, -0.25) is 4.79 Å². The molecule has 5 heteroatoms. The summed E-state index contributed by atoms with van der Waals surface area (Å²) in [6.45, 7) is 0.716. The van der Waals surface area contributed by atoms with Gasteiger partial charge in [0.2, 0.25) is 0 Å². The lowest BCUT2D eigenvalue weighted by Crippen LogP contribution is -2.22. The first-order chi connectivity index (χ1) is 9.08. The Kier molecular flexibility index (Phi) is 4.61. The number of anilines is 1. The molecule has 0 saturated heterocycles. The first kappa shape index (κ1) is 14.1. The molecule has 19 heavy (non-hydrogen) atoms. The molecule has 2 aromatic rings. The lowest BCUT2D eigenvalue weighted by Gasteiger charge is -2.14. The van der Waals surface area contributed by atoms with E-state index in [0.717, 1.165) is 10.2 Å². The van der Waals surface area contributed by atoms with Gasteiger partial charge in [0.15, 0.2) is 0 Å². The summed E-state index contributed by atoms with van der Waals surface area (Å²) in [5, 5.41) is 5.37. The quantitative estimate of drug-likeness (QED) is 0.918. The molecule has 1 aromatic heterocycles. The molecule has 0 aliphatic rings. The van der Waals surface area contributed by atoms with Crippen molar-refractivity contribution in [3.8, 4) is 0 Å². The molecule has 1 amide bonds. The molecule has 3 nitrogen and oxygen atoms in total. The van der Waals surface area contributed by atoms with Gasteiger partial charge in [-0.25, -0.2) is 0 Å². The van der Waals surface area contributed by atoms with Crippen molar-refractivity contribution in [2.75, 3.05) is 19.4 Å². The summed E-state index contributed by atoms with van der Waals surface area (Å²) in [5.41, 5.74) is 1.56. The van der Waals surface area contributed by atoms with Crippen molar-refractivity contribution < 1.29 is 4.79 Å². The lowest BCUT2D eigenvalue weighted by atomic mass is 10.1. The monoisotopic (exact) mass is 338 g/mol. The van der Waals surface area contributed by atoms with Gasteiger partial charge in [0, 0.05) is 41.1 Å². The molecule has 0 spiro atoms. The first-order valence-electron chi connectivity index (χ1n) is 5.85. The second-order valence-corrected chi connectivity index (χ2v) is 6.24. The number of carbonyl (C=O) groups is 1. The molecule has 0 unspecified atom stereocenters. The van der Waals surface area contributed by atoms with Gasteiger partial charge in [0.1, 0.15) is 0 Å². The maximum atomic E-state index is 12.1. The molecule has 0 aliphatic carbocycles. The third-order valence-electron chi connectivity index (χ3n) is 2.64. The Labute approximate surface area is 125 Å². The van der Waals surface area contributed by atoms with Crippen LogP contribution in [0.15, 0.2) is 40.2 Å². The van der Waals surface area contributed by atoms with Gasteiger partial charge in [-0.2, -0.15) is 0 Å². The zero-order chi connectivity index (χ0) is 13.8. The Morgan fingerprint density at radius 1 is 1.37 bits per heavy atom. The Morgan fingerprint density at radius 2 is 2.11 bits per heavy atom. The number of hydrogen-bond acceptors (Lipinski definition) is 3. The number of nitrogens with zero attached hydrogens (tertiary/aromatic N) is 1. The van der Waals surface area contributed by atoms with Crippen molar-refractivity contribution >= 4 is 38.9 Å². The number of hydrogen-bond donors (Lipinski definition) is 1. The lowest BCUT2D eigenvalue weighted by molar-refractivity contribution is 0.0828. The number of halogens is 1. The van der Waals surface area contributed by atoms with Gasteiger partial charge in [0.05, 0.1) is 5.56 Å². The van der Waals surface area contributed by atoms with Crippen LogP contribution in [-0.2, 0) is 6.54 Å². The molecule has 0 bridgehead atoms. The van der Waals surface area contributed by atoms with Gasteiger partial charge in [-0.1, -0.05) is 12.1 Å². The highest BCUT2D eigenvalue weighted by molar-refractivity contribution is 9.10. The highest BCUT2D eigenvalue weighted by Crippen LogP contribution is 2.22. The average Bonchev–Trinajstić information content (AvgIpc) is 2.81. The Hall–Kier alpha value is -1.33. The SMILES string of the molecule is CN(C)C(=O)c1ccccc1NCc1cc(Br)cs1. The topological polar surface area (TPSA) is 32.3 Å². The van der Waals surface area contributed by atoms with Gasteiger partial charge in [-0.15, -0.1) is 11.3 Å². The highest BCUT2D eigenvalue weighted by Gasteiger charge is 2.12. The van der Waals surface area contributed by atoms with Crippen molar-refractivity contribution in [3.63, 3.8) is 0 Å². The molecular formula is C14H15BrN2OS. The fraction of sp³-hybridized carbons (Fsp3) is 0.214. The van der Waals surface area contributed by atoms with Crippen molar-refractivity contribution in [3.05, 3.63) is 50.6 Å². The van der Waals surface area contributed by atoms with E-state index >= 15 is 0 Å². The van der Waals surface area contributed by atoms with E-state index in [-0.39, 0.29) is 5.91 Å². The maximum Gasteiger partial charge on any atom is 0.255 e. The summed E-state index contributed by atoms with van der Waals surface area (Å²) < 4.78 is 1.09. The van der Waals surface area contributed by atoms with Crippen LogP contribution in [-0.4, -0.2) is 24.9 Å². The number of benzene rings is 1.